The van der Waals surface area contributed by atoms with Crippen molar-refractivity contribution < 1.29 is 80.4 Å². The van der Waals surface area contributed by atoms with Gasteiger partial charge in [0.1, 0.15) is 43.0 Å². The Morgan fingerprint density at radius 2 is 1.63 bits per heavy atom. The number of rotatable bonds is 15. The summed E-state index contributed by atoms with van der Waals surface area (Å²) in [6.07, 6.45) is 4.52. The van der Waals surface area contributed by atoms with Crippen LogP contribution in [0.25, 0.3) is 16.7 Å². The Bertz CT molecular complexity index is 4000. The summed E-state index contributed by atoms with van der Waals surface area (Å²) < 4.78 is 70.2. The molecule has 0 bridgehead atoms. The number of phosphoric ester groups is 1. The van der Waals surface area contributed by atoms with Crippen LogP contribution in [0.15, 0.2) is 60.9 Å². The molecule has 6 aliphatic rings. The van der Waals surface area contributed by atoms with Crippen LogP contribution in [0.4, 0.5) is 11.6 Å². The van der Waals surface area contributed by atoms with Crippen LogP contribution < -0.4 is 40.6 Å². The van der Waals surface area contributed by atoms with E-state index in [9.17, 15) is 43.3 Å². The second-order valence-corrected chi connectivity index (χ2v) is 25.2. The summed E-state index contributed by atoms with van der Waals surface area (Å²) >= 11 is 0. The predicted molar refractivity (Wildman–Crippen MR) is 292 cm³/mol. The number of hydrogen-bond acceptors (Lipinski definition) is 17. The molecular formula is C54H56N8O17P3+. The summed E-state index contributed by atoms with van der Waals surface area (Å²) in [6, 6.07) is 16.4. The van der Waals surface area contributed by atoms with E-state index < -0.39 is 66.5 Å². The average Bonchev–Trinajstić information content (AvgIpc) is 1.35. The molecule has 82 heavy (non-hydrogen) atoms. The number of carbonyl (C=O) groups excluding carboxylic acids is 1. The van der Waals surface area contributed by atoms with E-state index in [1.54, 1.807) is 43.3 Å². The quantitative estimate of drug-likeness (QED) is 0.0399. The number of carboxylic acids is 1. The number of phosphoric acid groups is 3. The highest BCUT2D eigenvalue weighted by Gasteiger charge is 2.44. The van der Waals surface area contributed by atoms with Crippen LogP contribution in [0.3, 0.4) is 0 Å². The highest BCUT2D eigenvalue weighted by molar-refractivity contribution is 7.66. The van der Waals surface area contributed by atoms with E-state index in [0.717, 1.165) is 111 Å². The van der Waals surface area contributed by atoms with Crippen molar-refractivity contribution in [1.82, 2.24) is 29.4 Å². The molecule has 0 radical (unpaired) electrons. The van der Waals surface area contributed by atoms with Crippen molar-refractivity contribution in [3.63, 3.8) is 0 Å². The van der Waals surface area contributed by atoms with Gasteiger partial charge >= 0.3 is 29.4 Å². The number of nitrogens with zero attached hydrogens (tertiary/aromatic N) is 6. The van der Waals surface area contributed by atoms with Crippen LogP contribution in [-0.4, -0.2) is 113 Å². The monoisotopic (exact) mass is 1180 g/mol. The molecule has 28 heteroatoms. The van der Waals surface area contributed by atoms with Gasteiger partial charge in [0.05, 0.1) is 36.7 Å². The number of nitrogens with two attached hydrogens (primary N) is 1. The van der Waals surface area contributed by atoms with Gasteiger partial charge < -0.3 is 59.9 Å². The van der Waals surface area contributed by atoms with Gasteiger partial charge in [-0.25, -0.2) is 28.0 Å². The number of carboxylic acid groups (broad SMARTS) is 1. The van der Waals surface area contributed by atoms with E-state index in [-0.39, 0.29) is 41.5 Å². The number of nitrogens with one attached hydrogen (secondary N) is 1. The lowest BCUT2D eigenvalue weighted by Crippen LogP contribution is -2.45. The molecular weight excluding hydrogens is 1130 g/mol. The number of amides is 1. The highest BCUT2D eigenvalue weighted by Crippen LogP contribution is 2.66. The molecule has 1 amide bonds. The number of aromatic carboxylic acids is 1. The minimum Gasteiger partial charge on any atom is -0.478 e. The normalized spacial score (nSPS) is 20.7. The van der Waals surface area contributed by atoms with Crippen molar-refractivity contribution in [2.75, 3.05) is 50.0 Å². The Hall–Kier alpha value is -6.87. The summed E-state index contributed by atoms with van der Waals surface area (Å²) in [6.45, 7) is 4.86. The van der Waals surface area contributed by atoms with Gasteiger partial charge in [-0.1, -0.05) is 24.0 Å². The Kier molecular flexibility index (Phi) is 14.7. The number of aliphatic hydroxyl groups excluding tert-OH is 1. The van der Waals surface area contributed by atoms with Crippen molar-refractivity contribution in [3.8, 4) is 29.2 Å². The van der Waals surface area contributed by atoms with Crippen LogP contribution in [0, 0.1) is 11.8 Å². The number of benzene rings is 4. The van der Waals surface area contributed by atoms with Gasteiger partial charge in [-0.05, 0) is 105 Å². The Morgan fingerprint density at radius 3 is 2.40 bits per heavy atom. The number of anilines is 2. The maximum atomic E-state index is 14.0. The molecule has 6 aromatic rings. The first-order chi connectivity index (χ1) is 39.2. The molecule has 428 valence electrons. The summed E-state index contributed by atoms with van der Waals surface area (Å²) in [5, 5.41) is 26.5. The van der Waals surface area contributed by atoms with Crippen LogP contribution in [0.2, 0.25) is 0 Å². The van der Waals surface area contributed by atoms with Crippen LogP contribution in [-0.2, 0) is 57.3 Å². The van der Waals surface area contributed by atoms with Crippen molar-refractivity contribution in [3.05, 3.63) is 127 Å². The first kappa shape index (κ1) is 55.7. The topological polar surface area (TPSA) is 350 Å². The Morgan fingerprint density at radius 1 is 0.890 bits per heavy atom. The van der Waals surface area contributed by atoms with Crippen molar-refractivity contribution in [2.24, 2.45) is 0 Å². The molecule has 6 atom stereocenters. The van der Waals surface area contributed by atoms with E-state index in [1.165, 1.54) is 50.3 Å². The van der Waals surface area contributed by atoms with E-state index in [0.29, 0.717) is 16.7 Å². The number of hydrogen-bond donors (Lipinski definition) is 8. The molecule has 0 aliphatic carbocycles. The second-order valence-electron chi connectivity index (χ2n) is 20.8. The van der Waals surface area contributed by atoms with Crippen molar-refractivity contribution in [2.45, 2.75) is 89.3 Å². The van der Waals surface area contributed by atoms with Gasteiger partial charge in [0.2, 0.25) is 17.2 Å². The first-order valence-corrected chi connectivity index (χ1v) is 31.2. The fourth-order valence-corrected chi connectivity index (χ4v) is 15.1. The smallest absolute Gasteiger partial charge is 0.478 e. The third kappa shape index (κ3) is 11.0. The Balaban J connectivity index is 0.739. The summed E-state index contributed by atoms with van der Waals surface area (Å²) in [4.78, 5) is 79.5. The van der Waals surface area contributed by atoms with Gasteiger partial charge in [-0.15, -0.1) is 0 Å². The van der Waals surface area contributed by atoms with Crippen LogP contribution >= 0.6 is 23.5 Å². The Labute approximate surface area is 467 Å². The molecule has 6 aliphatic heterocycles. The zero-order valence-corrected chi connectivity index (χ0v) is 46.6. The SMILES string of the molecule is CC(Oc1nc(N)nc2c1ncn2[C@H]1C[C@@H](O)[C@@H](COP(=O)(O)OP(=O)(O)OP(=O)(O)O)O1)c1ccc(C#CCNC(=O)c2ccc(C(=O)O)c(C3=c4cc5c6c(c4Oc4c3cc3c7c4CCCN7CCC3)CCC[N+]=6CCC5)c2)cc1. The maximum absolute atomic E-state index is 14.0. The lowest BCUT2D eigenvalue weighted by atomic mass is 9.81. The van der Waals surface area contributed by atoms with E-state index in [4.69, 9.17) is 29.7 Å². The molecule has 2 aromatic heterocycles. The molecule has 3 unspecified atom stereocenters. The number of aryl methyl sites for hydroxylation is 2. The molecule has 0 saturated carbocycles. The third-order valence-electron chi connectivity index (χ3n) is 15.4. The zero-order chi connectivity index (χ0) is 57.4. The zero-order valence-electron chi connectivity index (χ0n) is 44.0. The van der Waals surface area contributed by atoms with E-state index in [1.807, 2.05) is 0 Å². The largest absolute Gasteiger partial charge is 0.490 e. The summed E-state index contributed by atoms with van der Waals surface area (Å²) in [5.74, 6) is 6.00. The van der Waals surface area contributed by atoms with E-state index in [2.05, 4.69) is 66.9 Å². The molecule has 0 spiro atoms. The number of nitrogen functional groups attached to an aromatic ring is 1. The molecule has 1 fully saturated rings. The van der Waals surface area contributed by atoms with Crippen LogP contribution in [0.5, 0.6) is 17.4 Å². The molecule has 25 nitrogen and oxygen atoms in total. The third-order valence-corrected chi connectivity index (χ3v) is 19.2. The molecule has 1 saturated heterocycles. The number of imidazole rings is 1. The van der Waals surface area contributed by atoms with E-state index >= 15 is 0 Å². The number of aliphatic hydroxyl groups is 1. The van der Waals surface area contributed by atoms with Crippen LogP contribution in [0.1, 0.15) is 117 Å². The van der Waals surface area contributed by atoms with Gasteiger partial charge in [0.15, 0.2) is 11.2 Å². The van der Waals surface area contributed by atoms with Gasteiger partial charge in [0.25, 0.3) is 5.91 Å². The number of aromatic nitrogens is 4. The maximum Gasteiger partial charge on any atom is 0.490 e. The van der Waals surface area contributed by atoms with Gasteiger partial charge in [-0.2, -0.15) is 18.6 Å². The predicted octanol–water partition coefficient (Wildman–Crippen LogP) is 4.46. The number of fused-ring (bicyclic) bond motifs is 5. The standard InChI is InChI=1S/C54H55N8O17P3/c1-29(75-52-45-50(58-54(55)59-52)62(28-57-45)43-26-41(63)42(76-43)27-74-81(70,71)79-82(72,73)78-80(67,68)69)31-14-12-30(13-15-31)7-2-18-56-51(64)34-16-17-35(53(65)66)38(25-34)44-39-23-32-8-3-19-60-21-5-10-36(46(32)60)48(39)77-49-37-11-6-22-61-20-4-9-33(47(37)61)24-40(44)49/h12-17,23-25,28-29,41-43,63H,3-6,8-11,18-22,26-27H2,1H3,(H7-,55,56,58,59,64,65,66,67,68,69,70,71,72,73)/p+1/t29?,41-,42-,43-/m1/s1. The second kappa shape index (κ2) is 21.7. The average molecular weight is 1180 g/mol. The fraction of sp³-hybridized carbons (Fsp3) is 0.370. The molecule has 8 heterocycles. The molecule has 9 N–H and O–H groups in total. The lowest BCUT2D eigenvalue weighted by Gasteiger charge is -2.39. The fourth-order valence-electron chi connectivity index (χ4n) is 12.0. The van der Waals surface area contributed by atoms with Crippen molar-refractivity contribution in [1.29, 1.82) is 0 Å². The summed E-state index contributed by atoms with van der Waals surface area (Å²) in [7, 11) is -16.9. The minimum atomic E-state index is -5.76. The van der Waals surface area contributed by atoms with Gasteiger partial charge in [-0.3, -0.25) is 13.9 Å². The van der Waals surface area contributed by atoms with Gasteiger partial charge in [0, 0.05) is 76.6 Å². The van der Waals surface area contributed by atoms with Crippen molar-refractivity contribution >= 4 is 63.7 Å². The highest BCUT2D eigenvalue weighted by atomic mass is 31.3. The minimum absolute atomic E-state index is 0.00446. The lowest BCUT2D eigenvalue weighted by molar-refractivity contribution is -0.0423. The molecule has 4 aromatic carbocycles. The first-order valence-electron chi connectivity index (χ1n) is 26.6. The number of carbonyl (C=O) groups is 2. The number of ether oxygens (including phenoxy) is 3. The molecule has 12 rings (SSSR count). The summed E-state index contributed by atoms with van der Waals surface area (Å²) in [5.41, 5.74) is 16.3.